The third-order valence-electron chi connectivity index (χ3n) is 7.46. The van der Waals surface area contributed by atoms with E-state index >= 15 is 0 Å². The van der Waals surface area contributed by atoms with Crippen LogP contribution in [0.25, 0.3) is 0 Å². The van der Waals surface area contributed by atoms with E-state index in [9.17, 15) is 18.8 Å². The summed E-state index contributed by atoms with van der Waals surface area (Å²) < 4.78 is 14.6. The third-order valence-corrected chi connectivity index (χ3v) is 7.87. The molecule has 158 valence electrons. The number of anilines is 2. The lowest BCUT2D eigenvalue weighted by Crippen LogP contribution is -2.54. The molecule has 4 heterocycles. The first-order valence-electron chi connectivity index (χ1n) is 10.4. The molecule has 3 amide bonds. The maximum absolute atomic E-state index is 14.6. The van der Waals surface area contributed by atoms with Gasteiger partial charge in [-0.25, -0.2) is 9.29 Å². The molecule has 1 spiro atoms. The van der Waals surface area contributed by atoms with Gasteiger partial charge in [0.2, 0.25) is 17.7 Å². The number of amides is 3. The summed E-state index contributed by atoms with van der Waals surface area (Å²) in [6, 6.07) is 9.02. The number of benzene rings is 2. The van der Waals surface area contributed by atoms with Crippen molar-refractivity contribution >= 4 is 40.7 Å². The minimum atomic E-state index is -1.29. The van der Waals surface area contributed by atoms with Gasteiger partial charge >= 0.3 is 0 Å². The Morgan fingerprint density at radius 3 is 2.68 bits per heavy atom. The van der Waals surface area contributed by atoms with Crippen molar-refractivity contribution in [3.63, 3.8) is 0 Å². The van der Waals surface area contributed by atoms with E-state index in [0.29, 0.717) is 29.2 Å². The Morgan fingerprint density at radius 1 is 1.13 bits per heavy atom. The largest absolute Gasteiger partial charge is 0.324 e. The number of imide groups is 1. The van der Waals surface area contributed by atoms with Gasteiger partial charge in [-0.15, -0.1) is 0 Å². The lowest BCUT2D eigenvalue weighted by Gasteiger charge is -2.36. The SMILES string of the molecule is Cc1c(Cl)ccc2c1NC(=O)[C@@]21[C@@H]2C(=O)N(c3ccccc3F)C(=O)[C@@H]2[C@@H]2CCCN21. The van der Waals surface area contributed by atoms with E-state index in [-0.39, 0.29) is 17.6 Å². The minimum absolute atomic E-state index is 0.0579. The summed E-state index contributed by atoms with van der Waals surface area (Å²) in [5.41, 5.74) is 0.663. The summed E-state index contributed by atoms with van der Waals surface area (Å²) in [5.74, 6) is -3.51. The number of nitrogens with one attached hydrogen (secondary N) is 1. The first kappa shape index (κ1) is 19.0. The molecular weight excluding hydrogens is 421 g/mol. The lowest BCUT2D eigenvalue weighted by molar-refractivity contribution is -0.135. The van der Waals surface area contributed by atoms with Gasteiger partial charge in [0.25, 0.3) is 0 Å². The third kappa shape index (κ3) is 2.08. The summed E-state index contributed by atoms with van der Waals surface area (Å²) in [4.78, 5) is 43.9. The Kier molecular flexibility index (Phi) is 3.76. The highest BCUT2D eigenvalue weighted by Crippen LogP contribution is 2.61. The van der Waals surface area contributed by atoms with Crippen molar-refractivity contribution in [1.82, 2.24) is 4.90 Å². The molecule has 0 aromatic heterocycles. The molecule has 6 nitrogen and oxygen atoms in total. The van der Waals surface area contributed by atoms with E-state index < -0.39 is 35.0 Å². The normalized spacial score (nSPS) is 31.4. The summed E-state index contributed by atoms with van der Waals surface area (Å²) in [6.45, 7) is 2.44. The molecule has 1 N–H and O–H groups in total. The Labute approximate surface area is 183 Å². The van der Waals surface area contributed by atoms with E-state index in [1.54, 1.807) is 18.2 Å². The van der Waals surface area contributed by atoms with Crippen molar-refractivity contribution < 1.29 is 18.8 Å². The molecule has 8 heteroatoms. The molecule has 4 aliphatic heterocycles. The highest BCUT2D eigenvalue weighted by atomic mass is 35.5. The summed E-state index contributed by atoms with van der Waals surface area (Å²) in [7, 11) is 0. The molecule has 4 atom stereocenters. The second-order valence-electron chi connectivity index (χ2n) is 8.69. The maximum atomic E-state index is 14.6. The quantitative estimate of drug-likeness (QED) is 0.693. The maximum Gasteiger partial charge on any atom is 0.250 e. The zero-order valence-corrected chi connectivity index (χ0v) is 17.4. The average molecular weight is 440 g/mol. The van der Waals surface area contributed by atoms with Crippen molar-refractivity contribution in [1.29, 1.82) is 0 Å². The van der Waals surface area contributed by atoms with Gasteiger partial charge in [-0.2, -0.15) is 0 Å². The number of carbonyl (C=O) groups excluding carboxylic acids is 3. The molecule has 3 saturated heterocycles. The second kappa shape index (κ2) is 6.14. The van der Waals surface area contributed by atoms with E-state index in [4.69, 9.17) is 11.6 Å². The van der Waals surface area contributed by atoms with Crippen LogP contribution in [-0.2, 0) is 19.9 Å². The van der Waals surface area contributed by atoms with Crippen molar-refractivity contribution in [3.05, 3.63) is 58.4 Å². The number of rotatable bonds is 1. The first-order chi connectivity index (χ1) is 14.9. The van der Waals surface area contributed by atoms with Gasteiger partial charge in [-0.1, -0.05) is 29.8 Å². The number of hydrogen-bond acceptors (Lipinski definition) is 4. The van der Waals surface area contributed by atoms with Crippen LogP contribution in [0.5, 0.6) is 0 Å². The number of fused-ring (bicyclic) bond motifs is 7. The van der Waals surface area contributed by atoms with E-state index in [1.165, 1.54) is 18.2 Å². The monoisotopic (exact) mass is 439 g/mol. The molecule has 4 aliphatic rings. The van der Waals surface area contributed by atoms with Crippen LogP contribution in [0.2, 0.25) is 5.02 Å². The van der Waals surface area contributed by atoms with Crippen molar-refractivity contribution in [3.8, 4) is 0 Å². The Hall–Kier alpha value is -2.77. The number of hydrogen-bond donors (Lipinski definition) is 1. The number of carbonyl (C=O) groups is 3. The Bertz CT molecular complexity index is 1200. The fraction of sp³-hybridized carbons (Fsp3) is 0.348. The molecule has 0 aliphatic carbocycles. The van der Waals surface area contributed by atoms with Crippen LogP contribution in [-0.4, -0.2) is 35.2 Å². The smallest absolute Gasteiger partial charge is 0.250 e. The molecule has 0 radical (unpaired) electrons. The molecule has 2 aromatic rings. The summed E-state index contributed by atoms with van der Waals surface area (Å²) in [6.07, 6.45) is 1.54. The lowest BCUT2D eigenvalue weighted by atomic mass is 9.75. The summed E-state index contributed by atoms with van der Waals surface area (Å²) >= 11 is 6.29. The zero-order valence-electron chi connectivity index (χ0n) is 16.7. The zero-order chi connectivity index (χ0) is 21.7. The Morgan fingerprint density at radius 2 is 1.90 bits per heavy atom. The van der Waals surface area contributed by atoms with Crippen LogP contribution in [0.15, 0.2) is 36.4 Å². The van der Waals surface area contributed by atoms with Crippen molar-refractivity contribution in [2.24, 2.45) is 11.8 Å². The number of para-hydroxylation sites is 1. The van der Waals surface area contributed by atoms with Crippen LogP contribution in [0.4, 0.5) is 15.8 Å². The van der Waals surface area contributed by atoms with Gasteiger partial charge in [0, 0.05) is 16.6 Å². The predicted octanol–water partition coefficient (Wildman–Crippen LogP) is 3.22. The predicted molar refractivity (Wildman–Crippen MR) is 112 cm³/mol. The van der Waals surface area contributed by atoms with Crippen molar-refractivity contribution in [2.75, 3.05) is 16.8 Å². The van der Waals surface area contributed by atoms with E-state index in [2.05, 4.69) is 5.32 Å². The average Bonchev–Trinajstić information content (AvgIpc) is 3.45. The van der Waals surface area contributed by atoms with Gasteiger partial charge < -0.3 is 5.32 Å². The molecule has 31 heavy (non-hydrogen) atoms. The van der Waals surface area contributed by atoms with E-state index in [1.807, 2.05) is 11.8 Å². The van der Waals surface area contributed by atoms with Crippen LogP contribution in [0.1, 0.15) is 24.0 Å². The van der Waals surface area contributed by atoms with Gasteiger partial charge in [-0.3, -0.25) is 19.3 Å². The highest BCUT2D eigenvalue weighted by molar-refractivity contribution is 6.32. The van der Waals surface area contributed by atoms with Crippen molar-refractivity contribution in [2.45, 2.75) is 31.3 Å². The van der Waals surface area contributed by atoms with Crippen LogP contribution in [0, 0.1) is 24.6 Å². The van der Waals surface area contributed by atoms with Gasteiger partial charge in [-0.05, 0) is 50.1 Å². The fourth-order valence-electron chi connectivity index (χ4n) is 6.26. The molecule has 3 fully saturated rings. The van der Waals surface area contributed by atoms with E-state index in [0.717, 1.165) is 16.9 Å². The highest BCUT2D eigenvalue weighted by Gasteiger charge is 2.74. The molecule has 0 unspecified atom stereocenters. The Balaban J connectivity index is 1.59. The van der Waals surface area contributed by atoms with Crippen LogP contribution < -0.4 is 10.2 Å². The minimum Gasteiger partial charge on any atom is -0.324 e. The molecule has 0 saturated carbocycles. The number of nitrogens with zero attached hydrogens (tertiary/aromatic N) is 2. The van der Waals surface area contributed by atoms with Gasteiger partial charge in [0.05, 0.1) is 23.2 Å². The molecule has 2 aromatic carbocycles. The fourth-order valence-corrected chi connectivity index (χ4v) is 6.42. The molecular formula is C23H19ClFN3O3. The first-order valence-corrected chi connectivity index (χ1v) is 10.8. The van der Waals surface area contributed by atoms with Crippen LogP contribution in [0.3, 0.4) is 0 Å². The standard InChI is InChI=1S/C23H19ClFN3O3/c1-11-13(24)9-8-12-19(11)26-22(31)23(12)18-17(16-7-4-10-27(16)23)20(29)28(21(18)30)15-6-3-2-5-14(15)25/h2-3,5-6,8-9,16-18H,4,7,10H2,1H3,(H,26,31)/t16-,17+,18-,23-/m0/s1. The van der Waals surface area contributed by atoms with Gasteiger partial charge in [0.15, 0.2) is 0 Å². The number of halogens is 2. The van der Waals surface area contributed by atoms with Gasteiger partial charge in [0.1, 0.15) is 11.4 Å². The topological polar surface area (TPSA) is 69.7 Å². The molecule has 6 rings (SSSR count). The molecule has 0 bridgehead atoms. The second-order valence-corrected chi connectivity index (χ2v) is 9.09. The van der Waals surface area contributed by atoms with Crippen LogP contribution >= 0.6 is 11.6 Å². The summed E-state index contributed by atoms with van der Waals surface area (Å²) in [5, 5.41) is 3.46.